The molecule has 0 aliphatic heterocycles. The summed E-state index contributed by atoms with van der Waals surface area (Å²) in [4.78, 5) is 12.4. The molecule has 0 unspecified atom stereocenters. The Morgan fingerprint density at radius 3 is 2.52 bits per heavy atom. The molecule has 27 heavy (non-hydrogen) atoms. The third-order valence-electron chi connectivity index (χ3n) is 3.80. The van der Waals surface area contributed by atoms with Crippen LogP contribution in [0.2, 0.25) is 0 Å². The van der Waals surface area contributed by atoms with Gasteiger partial charge in [0.2, 0.25) is 0 Å². The van der Waals surface area contributed by atoms with Crippen molar-refractivity contribution in [2.45, 2.75) is 13.8 Å². The van der Waals surface area contributed by atoms with Gasteiger partial charge < -0.3 is 4.42 Å². The van der Waals surface area contributed by atoms with Crippen LogP contribution in [0.3, 0.4) is 0 Å². The van der Waals surface area contributed by atoms with Crippen LogP contribution in [0.5, 0.6) is 0 Å². The largest absolute Gasteiger partial charge is 0.451 e. The summed E-state index contributed by atoms with van der Waals surface area (Å²) in [6.45, 7) is 3.47. The van der Waals surface area contributed by atoms with Gasteiger partial charge in [0.1, 0.15) is 5.58 Å². The van der Waals surface area contributed by atoms with Crippen molar-refractivity contribution in [1.82, 2.24) is 5.43 Å². The minimum atomic E-state index is -0.451. The molecule has 0 bridgehead atoms. The molecule has 0 aliphatic rings. The number of fused-ring (bicyclic) bond motifs is 1. The fourth-order valence-electron chi connectivity index (χ4n) is 2.34. The molecule has 8 heteroatoms. The number of para-hydroxylation sites is 1. The number of rotatable bonds is 5. The molecule has 3 aromatic rings. The molecule has 2 aromatic carbocycles. The van der Waals surface area contributed by atoms with Crippen molar-refractivity contribution in [3.05, 3.63) is 64.3 Å². The lowest BCUT2D eigenvalue weighted by Gasteiger charge is -2.03. The van der Waals surface area contributed by atoms with Crippen molar-refractivity contribution in [2.75, 3.05) is 5.43 Å². The normalized spacial score (nSPS) is 12.3. The first-order valence-corrected chi connectivity index (χ1v) is 9.20. The Bertz CT molecular complexity index is 1040. The minimum absolute atomic E-state index is 0.125. The number of halogens is 2. The van der Waals surface area contributed by atoms with E-state index in [1.807, 2.05) is 55.5 Å². The van der Waals surface area contributed by atoms with Crippen LogP contribution in [0.15, 0.2) is 67.6 Å². The predicted molar refractivity (Wildman–Crippen MR) is 113 cm³/mol. The number of aryl methyl sites for hydroxylation is 1. The third-order valence-corrected chi connectivity index (χ3v) is 4.69. The van der Waals surface area contributed by atoms with Gasteiger partial charge in [-0.15, -0.1) is 0 Å². The fraction of sp³-hybridized carbons (Fsp3) is 0.105. The number of carbonyl (C=O) groups excluding carboxylic acids is 1. The number of nitrogens with one attached hydrogen (secondary N) is 2. The van der Waals surface area contributed by atoms with Gasteiger partial charge in [-0.3, -0.25) is 10.2 Å². The van der Waals surface area contributed by atoms with Crippen LogP contribution < -0.4 is 10.9 Å². The molecule has 3 rings (SSSR count). The number of carbonyl (C=O) groups is 1. The van der Waals surface area contributed by atoms with Crippen LogP contribution in [-0.2, 0) is 0 Å². The van der Waals surface area contributed by atoms with Crippen LogP contribution in [0.1, 0.15) is 23.0 Å². The minimum Gasteiger partial charge on any atom is -0.451 e. The van der Waals surface area contributed by atoms with E-state index in [1.165, 1.54) is 0 Å². The Hall–Kier alpha value is -2.64. The average molecular weight is 448 g/mol. The average Bonchev–Trinajstić information content (AvgIpc) is 3.02. The molecule has 0 aliphatic carbocycles. The molecule has 138 valence electrons. The lowest BCUT2D eigenvalue weighted by molar-refractivity contribution is 0.0928. The summed E-state index contributed by atoms with van der Waals surface area (Å²) in [6, 6.07) is 14.9. The van der Waals surface area contributed by atoms with Crippen LogP contribution in [0.4, 0.5) is 5.69 Å². The zero-order valence-electron chi connectivity index (χ0n) is 14.6. The molecule has 2 N–H and O–H groups in total. The van der Waals surface area contributed by atoms with E-state index in [0.29, 0.717) is 11.3 Å². The Labute approximate surface area is 169 Å². The molecule has 0 fully saturated rings. The first-order chi connectivity index (χ1) is 13.0. The Morgan fingerprint density at radius 1 is 1.11 bits per heavy atom. The van der Waals surface area contributed by atoms with Gasteiger partial charge in [-0.2, -0.15) is 10.2 Å². The number of benzene rings is 2. The number of hydrogen-bond donors (Lipinski definition) is 2. The zero-order valence-corrected chi connectivity index (χ0v) is 16.9. The lowest BCUT2D eigenvalue weighted by Crippen LogP contribution is -2.21. The smallest absolute Gasteiger partial charge is 0.307 e. The number of amides is 1. The Kier molecular flexibility index (Phi) is 5.93. The molecule has 6 nitrogen and oxygen atoms in total. The van der Waals surface area contributed by atoms with Crippen LogP contribution >= 0.6 is 27.5 Å². The van der Waals surface area contributed by atoms with E-state index in [0.717, 1.165) is 21.1 Å². The first-order valence-electron chi connectivity index (χ1n) is 8.03. The highest BCUT2D eigenvalue weighted by Crippen LogP contribution is 2.24. The summed E-state index contributed by atoms with van der Waals surface area (Å²) < 4.78 is 6.57. The highest BCUT2D eigenvalue weighted by atomic mass is 79.9. The molecule has 0 atom stereocenters. The number of furan rings is 1. The van der Waals surface area contributed by atoms with Gasteiger partial charge in [0.05, 0.1) is 11.4 Å². The quantitative estimate of drug-likeness (QED) is 0.413. The number of hydrazone groups is 2. The maximum Gasteiger partial charge on any atom is 0.307 e. The summed E-state index contributed by atoms with van der Waals surface area (Å²) in [5.74, 6) is -0.234. The zero-order chi connectivity index (χ0) is 19.4. The maximum atomic E-state index is 12.4. The predicted octanol–water partition coefficient (Wildman–Crippen LogP) is 5.27. The monoisotopic (exact) mass is 446 g/mol. The summed E-state index contributed by atoms with van der Waals surface area (Å²) in [7, 11) is 0. The summed E-state index contributed by atoms with van der Waals surface area (Å²) >= 11 is 9.47. The van der Waals surface area contributed by atoms with Crippen molar-refractivity contribution >= 4 is 61.0 Å². The van der Waals surface area contributed by atoms with Gasteiger partial charge in [0.15, 0.2) is 10.9 Å². The van der Waals surface area contributed by atoms with Gasteiger partial charge in [-0.25, -0.2) is 5.43 Å². The number of nitrogens with zero attached hydrogens (tertiary/aromatic N) is 2. The fourth-order valence-corrected chi connectivity index (χ4v) is 2.69. The Morgan fingerprint density at radius 2 is 1.81 bits per heavy atom. The summed E-state index contributed by atoms with van der Waals surface area (Å²) in [6.07, 6.45) is 0. The van der Waals surface area contributed by atoms with E-state index in [-0.39, 0.29) is 10.9 Å². The van der Waals surface area contributed by atoms with E-state index in [1.54, 1.807) is 6.92 Å². The van der Waals surface area contributed by atoms with Gasteiger partial charge >= 0.3 is 5.91 Å². The molecule has 1 aromatic heterocycles. The van der Waals surface area contributed by atoms with E-state index in [2.05, 4.69) is 37.0 Å². The van der Waals surface area contributed by atoms with E-state index in [9.17, 15) is 4.79 Å². The molecule has 0 saturated heterocycles. The molecule has 0 radical (unpaired) electrons. The number of anilines is 1. The third kappa shape index (κ3) is 4.56. The highest BCUT2D eigenvalue weighted by Gasteiger charge is 2.17. The van der Waals surface area contributed by atoms with Crippen LogP contribution in [0, 0.1) is 6.92 Å². The Balaban J connectivity index is 1.68. The van der Waals surface area contributed by atoms with Gasteiger partial charge in [-0.1, -0.05) is 45.7 Å². The second-order valence-corrected chi connectivity index (χ2v) is 6.99. The summed E-state index contributed by atoms with van der Waals surface area (Å²) in [5.41, 5.74) is 7.79. The maximum absolute atomic E-state index is 12.4. The van der Waals surface area contributed by atoms with Crippen molar-refractivity contribution in [3.8, 4) is 0 Å². The van der Waals surface area contributed by atoms with Gasteiger partial charge in [-0.05, 0) is 44.2 Å². The molecular weight excluding hydrogens is 432 g/mol. The van der Waals surface area contributed by atoms with Gasteiger partial charge in [0.25, 0.3) is 0 Å². The molecule has 1 amide bonds. The van der Waals surface area contributed by atoms with Crippen molar-refractivity contribution in [2.24, 2.45) is 10.2 Å². The van der Waals surface area contributed by atoms with Crippen LogP contribution in [0.25, 0.3) is 11.0 Å². The lowest BCUT2D eigenvalue weighted by atomic mass is 10.1. The van der Waals surface area contributed by atoms with E-state index < -0.39 is 5.91 Å². The molecular formula is C19H16BrClN4O2. The van der Waals surface area contributed by atoms with E-state index in [4.69, 9.17) is 16.0 Å². The van der Waals surface area contributed by atoms with Crippen LogP contribution in [-0.4, -0.2) is 16.8 Å². The number of hydrogen-bond acceptors (Lipinski definition) is 5. The summed E-state index contributed by atoms with van der Waals surface area (Å²) in [5, 5.41) is 9.04. The topological polar surface area (TPSA) is 79.0 Å². The van der Waals surface area contributed by atoms with Crippen molar-refractivity contribution in [3.63, 3.8) is 0 Å². The van der Waals surface area contributed by atoms with Crippen molar-refractivity contribution in [1.29, 1.82) is 0 Å². The van der Waals surface area contributed by atoms with E-state index >= 15 is 0 Å². The highest BCUT2D eigenvalue weighted by molar-refractivity contribution is 9.10. The SMILES string of the molecule is CC(=N\NC(=O)c1oc2ccccc2c1C)/C(Cl)=N/Nc1ccc(Br)cc1. The first kappa shape index (κ1) is 19.1. The molecule has 1 heterocycles. The second kappa shape index (κ2) is 8.37. The molecule has 0 spiro atoms. The van der Waals surface area contributed by atoms with Crippen molar-refractivity contribution < 1.29 is 9.21 Å². The molecule has 0 saturated carbocycles. The second-order valence-electron chi connectivity index (χ2n) is 5.71. The van der Waals surface area contributed by atoms with Gasteiger partial charge in [0, 0.05) is 15.4 Å². The standard InChI is InChI=1S/C19H16BrClN4O2/c1-11-15-5-3-4-6-16(15)27-17(11)19(26)25-22-12(2)18(21)24-23-14-9-7-13(20)8-10-14/h3-10,23H,1-2H3,(H,25,26)/b22-12+,24-18-.